The molecule has 2 aromatic carbocycles. The van der Waals surface area contributed by atoms with Crippen LogP contribution in [0, 0.1) is 5.92 Å². The van der Waals surface area contributed by atoms with E-state index in [0.717, 1.165) is 49.1 Å². The normalized spacial score (nSPS) is 19.7. The van der Waals surface area contributed by atoms with Gasteiger partial charge < -0.3 is 19.7 Å². The Morgan fingerprint density at radius 3 is 2.41 bits per heavy atom. The van der Waals surface area contributed by atoms with Crippen molar-refractivity contribution in [3.05, 3.63) is 54.1 Å². The average Bonchev–Trinajstić information content (AvgIpc) is 3.44. The second-order valence-corrected chi connectivity index (χ2v) is 8.21. The quantitative estimate of drug-likeness (QED) is 0.724. The van der Waals surface area contributed by atoms with Gasteiger partial charge in [-0.2, -0.15) is 0 Å². The predicted molar refractivity (Wildman–Crippen MR) is 115 cm³/mol. The van der Waals surface area contributed by atoms with Gasteiger partial charge in [-0.25, -0.2) is 0 Å². The Bertz CT molecular complexity index is 815. The van der Waals surface area contributed by atoms with Crippen molar-refractivity contribution in [1.82, 2.24) is 5.32 Å². The third-order valence-corrected chi connectivity index (χ3v) is 5.63. The van der Waals surface area contributed by atoms with Gasteiger partial charge in [-0.15, -0.1) is 0 Å². The molecule has 2 atom stereocenters. The van der Waals surface area contributed by atoms with Crippen LogP contribution in [0.2, 0.25) is 0 Å². The van der Waals surface area contributed by atoms with E-state index in [1.807, 2.05) is 31.2 Å². The van der Waals surface area contributed by atoms with Crippen LogP contribution in [0.4, 0.5) is 5.69 Å². The van der Waals surface area contributed by atoms with Gasteiger partial charge in [0.15, 0.2) is 0 Å². The Balaban J connectivity index is 1.27. The molecule has 4 rings (SSSR count). The number of hydrogen-bond donors (Lipinski definition) is 1. The van der Waals surface area contributed by atoms with E-state index >= 15 is 0 Å². The van der Waals surface area contributed by atoms with Gasteiger partial charge in [0.25, 0.3) is 0 Å². The number of rotatable bonds is 8. The first-order valence-corrected chi connectivity index (χ1v) is 10.6. The molecule has 1 aliphatic carbocycles. The zero-order valence-electron chi connectivity index (χ0n) is 17.3. The number of ether oxygens (including phenoxy) is 2. The van der Waals surface area contributed by atoms with Crippen molar-refractivity contribution in [2.45, 2.75) is 45.3 Å². The summed E-state index contributed by atoms with van der Waals surface area (Å²) in [6, 6.07) is 16.4. The summed E-state index contributed by atoms with van der Waals surface area (Å²) in [5.41, 5.74) is 2.29. The lowest BCUT2D eigenvalue weighted by Crippen LogP contribution is -2.24. The van der Waals surface area contributed by atoms with Crippen LogP contribution in [0.3, 0.4) is 0 Å². The molecule has 2 aliphatic rings. The van der Waals surface area contributed by atoms with Crippen LogP contribution in [-0.4, -0.2) is 31.7 Å². The van der Waals surface area contributed by atoms with E-state index in [1.165, 1.54) is 25.5 Å². The number of nitrogens with zero attached hydrogens (tertiary/aromatic N) is 1. The zero-order chi connectivity index (χ0) is 20.2. The van der Waals surface area contributed by atoms with Crippen molar-refractivity contribution in [3.8, 4) is 11.5 Å². The lowest BCUT2D eigenvalue weighted by atomic mass is 10.1. The van der Waals surface area contributed by atoms with E-state index < -0.39 is 0 Å². The van der Waals surface area contributed by atoms with E-state index in [1.54, 1.807) is 0 Å². The first-order chi connectivity index (χ1) is 14.1. The number of carbonyl (C=O) groups is 1. The molecule has 1 saturated carbocycles. The zero-order valence-corrected chi connectivity index (χ0v) is 17.3. The molecule has 0 bridgehead atoms. The third-order valence-electron chi connectivity index (χ3n) is 5.63. The minimum Gasteiger partial charge on any atom is -0.493 e. The molecule has 5 nitrogen and oxygen atoms in total. The molecule has 0 spiro atoms. The van der Waals surface area contributed by atoms with E-state index in [-0.39, 0.29) is 18.1 Å². The largest absolute Gasteiger partial charge is 0.493 e. The molecule has 1 unspecified atom stereocenters. The molecular weight excluding hydrogens is 364 g/mol. The van der Waals surface area contributed by atoms with Gasteiger partial charge in [0.2, 0.25) is 5.91 Å². The Morgan fingerprint density at radius 2 is 1.76 bits per heavy atom. The summed E-state index contributed by atoms with van der Waals surface area (Å²) in [7, 11) is 0. The number of benzene rings is 2. The highest BCUT2D eigenvalue weighted by atomic mass is 16.5. The van der Waals surface area contributed by atoms with E-state index in [4.69, 9.17) is 9.47 Å². The summed E-state index contributed by atoms with van der Waals surface area (Å²) in [5.74, 6) is 2.58. The summed E-state index contributed by atoms with van der Waals surface area (Å²) >= 11 is 0. The van der Waals surface area contributed by atoms with Crippen molar-refractivity contribution < 1.29 is 14.3 Å². The molecule has 2 fully saturated rings. The van der Waals surface area contributed by atoms with E-state index in [0.29, 0.717) is 0 Å². The summed E-state index contributed by atoms with van der Waals surface area (Å²) in [6.45, 7) is 6.24. The molecule has 1 saturated heterocycles. The van der Waals surface area contributed by atoms with Crippen molar-refractivity contribution in [1.29, 1.82) is 0 Å². The number of anilines is 1. The van der Waals surface area contributed by atoms with Gasteiger partial charge in [-0.05, 0) is 67.6 Å². The fourth-order valence-corrected chi connectivity index (χ4v) is 3.73. The van der Waals surface area contributed by atoms with Crippen molar-refractivity contribution >= 4 is 11.6 Å². The summed E-state index contributed by atoms with van der Waals surface area (Å²) in [5, 5.41) is 2.90. The number of carbonyl (C=O) groups excluding carboxylic acids is 1. The Labute approximate surface area is 173 Å². The molecule has 2 aromatic rings. The fraction of sp³-hybridized carbons (Fsp3) is 0.458. The molecule has 5 heteroatoms. The molecule has 0 radical (unpaired) electrons. The van der Waals surface area contributed by atoms with Gasteiger partial charge >= 0.3 is 0 Å². The number of hydrogen-bond acceptors (Lipinski definition) is 4. The van der Waals surface area contributed by atoms with Gasteiger partial charge in [0.1, 0.15) is 17.6 Å². The second-order valence-electron chi connectivity index (χ2n) is 8.21. The fourth-order valence-electron chi connectivity index (χ4n) is 3.73. The van der Waals surface area contributed by atoms with Gasteiger partial charge in [0.05, 0.1) is 19.2 Å². The standard InChI is InChI=1S/C24H30N2O3/c1-17(25-18(2)27)20-5-9-23(10-6-20)29-24-13-14-26(15-24)21-7-11-22(12-8-21)28-16-19-3-4-19/h5-12,17,19,24H,3-4,13-16H2,1-2H3,(H,25,27)/t17-,24?/m0/s1. The smallest absolute Gasteiger partial charge is 0.217 e. The maximum Gasteiger partial charge on any atom is 0.217 e. The van der Waals surface area contributed by atoms with E-state index in [9.17, 15) is 4.79 Å². The molecule has 1 amide bonds. The average molecular weight is 395 g/mol. The van der Waals surface area contributed by atoms with Gasteiger partial charge in [-0.1, -0.05) is 12.1 Å². The molecule has 29 heavy (non-hydrogen) atoms. The topological polar surface area (TPSA) is 50.8 Å². The third kappa shape index (κ3) is 5.43. The maximum atomic E-state index is 11.2. The number of nitrogens with one attached hydrogen (secondary N) is 1. The Morgan fingerprint density at radius 1 is 1.07 bits per heavy atom. The van der Waals surface area contributed by atoms with Crippen LogP contribution in [0.25, 0.3) is 0 Å². The molecule has 0 aromatic heterocycles. The second kappa shape index (κ2) is 8.76. The highest BCUT2D eigenvalue weighted by Crippen LogP contribution is 2.30. The Hall–Kier alpha value is -2.69. The lowest BCUT2D eigenvalue weighted by molar-refractivity contribution is -0.119. The van der Waals surface area contributed by atoms with Crippen LogP contribution in [0.1, 0.15) is 44.7 Å². The highest BCUT2D eigenvalue weighted by molar-refractivity contribution is 5.73. The molecule has 154 valence electrons. The van der Waals surface area contributed by atoms with Gasteiger partial charge in [0, 0.05) is 25.6 Å². The minimum atomic E-state index is -0.0219. The van der Waals surface area contributed by atoms with Crippen LogP contribution in [0.5, 0.6) is 11.5 Å². The lowest BCUT2D eigenvalue weighted by Gasteiger charge is -2.20. The van der Waals surface area contributed by atoms with Gasteiger partial charge in [-0.3, -0.25) is 4.79 Å². The SMILES string of the molecule is CC(=O)N[C@@H](C)c1ccc(OC2CCN(c3ccc(OCC4CC4)cc3)C2)cc1. The number of amides is 1. The molecule has 1 heterocycles. The van der Waals surface area contributed by atoms with Crippen LogP contribution >= 0.6 is 0 Å². The van der Waals surface area contributed by atoms with Crippen molar-refractivity contribution in [2.24, 2.45) is 5.92 Å². The van der Waals surface area contributed by atoms with Crippen molar-refractivity contribution in [3.63, 3.8) is 0 Å². The molecule has 1 aliphatic heterocycles. The minimum absolute atomic E-state index is 0.000233. The van der Waals surface area contributed by atoms with E-state index in [2.05, 4.69) is 34.5 Å². The predicted octanol–water partition coefficient (Wildman–Crippen LogP) is 4.33. The summed E-state index contributed by atoms with van der Waals surface area (Å²) in [6.07, 6.45) is 3.80. The molecule has 1 N–H and O–H groups in total. The van der Waals surface area contributed by atoms with Crippen LogP contribution in [-0.2, 0) is 4.79 Å². The highest BCUT2D eigenvalue weighted by Gasteiger charge is 2.25. The monoisotopic (exact) mass is 394 g/mol. The van der Waals surface area contributed by atoms with Crippen molar-refractivity contribution in [2.75, 3.05) is 24.6 Å². The Kier molecular flexibility index (Phi) is 5.93. The molecular formula is C24H30N2O3. The van der Waals surface area contributed by atoms with Crippen LogP contribution in [0.15, 0.2) is 48.5 Å². The van der Waals surface area contributed by atoms with Crippen LogP contribution < -0.4 is 19.7 Å². The first kappa shape index (κ1) is 19.6. The first-order valence-electron chi connectivity index (χ1n) is 10.6. The summed E-state index contributed by atoms with van der Waals surface area (Å²) in [4.78, 5) is 13.6. The summed E-state index contributed by atoms with van der Waals surface area (Å²) < 4.78 is 12.0. The maximum absolute atomic E-state index is 11.2.